The summed E-state index contributed by atoms with van der Waals surface area (Å²) in [4.78, 5) is 14.2. The fourth-order valence-corrected chi connectivity index (χ4v) is 3.47. The molecule has 2 rings (SSSR count). The summed E-state index contributed by atoms with van der Waals surface area (Å²) in [6.07, 6.45) is 7.37. The first-order chi connectivity index (χ1) is 9.58. The molecule has 20 heavy (non-hydrogen) atoms. The van der Waals surface area contributed by atoms with Crippen molar-refractivity contribution < 1.29 is 9.53 Å². The van der Waals surface area contributed by atoms with Gasteiger partial charge in [-0.2, -0.15) is 0 Å². The molecule has 116 valence electrons. The molecule has 1 aliphatic carbocycles. The second-order valence-corrected chi connectivity index (χ2v) is 6.71. The Kier molecular flexibility index (Phi) is 5.85. The Morgan fingerprint density at radius 1 is 1.30 bits per heavy atom. The zero-order chi connectivity index (χ0) is 14.5. The lowest BCUT2D eigenvalue weighted by molar-refractivity contribution is -0.142. The molecule has 1 heterocycles. The van der Waals surface area contributed by atoms with Gasteiger partial charge in [-0.05, 0) is 44.4 Å². The smallest absolute Gasteiger partial charge is 0.248 e. The number of likely N-dealkylation sites (tertiary alicyclic amines) is 1. The monoisotopic (exact) mass is 282 g/mol. The van der Waals surface area contributed by atoms with Crippen molar-refractivity contribution in [1.82, 2.24) is 4.90 Å². The Bertz CT molecular complexity index is 320. The normalized spacial score (nSPS) is 33.0. The lowest BCUT2D eigenvalue weighted by atomic mass is 9.88. The Balaban J connectivity index is 1.76. The van der Waals surface area contributed by atoms with Gasteiger partial charge in [0.25, 0.3) is 0 Å². The number of nitrogens with zero attached hydrogens (tertiary/aromatic N) is 1. The largest absolute Gasteiger partial charge is 0.368 e. The third-order valence-electron chi connectivity index (χ3n) is 5.01. The van der Waals surface area contributed by atoms with E-state index < -0.39 is 0 Å². The minimum Gasteiger partial charge on any atom is -0.368 e. The second kappa shape index (κ2) is 7.41. The van der Waals surface area contributed by atoms with Gasteiger partial charge in [0.15, 0.2) is 0 Å². The van der Waals surface area contributed by atoms with E-state index in [0.29, 0.717) is 11.8 Å². The summed E-state index contributed by atoms with van der Waals surface area (Å²) in [5, 5.41) is 0. The average molecular weight is 282 g/mol. The van der Waals surface area contributed by atoms with Crippen molar-refractivity contribution in [2.24, 2.45) is 17.6 Å². The highest BCUT2D eigenvalue weighted by atomic mass is 16.5. The average Bonchev–Trinajstić information content (AvgIpc) is 2.46. The van der Waals surface area contributed by atoms with Gasteiger partial charge in [0.1, 0.15) is 6.61 Å². The number of carbonyl (C=O) groups excluding carboxylic acids is 1. The summed E-state index contributed by atoms with van der Waals surface area (Å²) in [6.45, 7) is 6.20. The van der Waals surface area contributed by atoms with Gasteiger partial charge in [-0.15, -0.1) is 0 Å². The van der Waals surface area contributed by atoms with E-state index in [2.05, 4.69) is 6.92 Å². The second-order valence-electron chi connectivity index (χ2n) is 6.71. The van der Waals surface area contributed by atoms with Gasteiger partial charge >= 0.3 is 0 Å². The van der Waals surface area contributed by atoms with Gasteiger partial charge in [0.2, 0.25) is 5.91 Å². The summed E-state index contributed by atoms with van der Waals surface area (Å²) in [7, 11) is 0. The maximum Gasteiger partial charge on any atom is 0.248 e. The fraction of sp³-hybridized carbons (Fsp3) is 0.938. The number of nitrogens with two attached hydrogens (primary N) is 1. The Morgan fingerprint density at radius 2 is 2.05 bits per heavy atom. The van der Waals surface area contributed by atoms with Gasteiger partial charge in [-0.1, -0.05) is 19.8 Å². The molecule has 4 nitrogen and oxygen atoms in total. The van der Waals surface area contributed by atoms with Gasteiger partial charge in [0, 0.05) is 19.1 Å². The molecule has 0 unspecified atom stereocenters. The summed E-state index contributed by atoms with van der Waals surface area (Å²) in [5.74, 6) is 1.18. The molecular weight excluding hydrogens is 252 g/mol. The molecule has 0 aromatic heterocycles. The Hall–Kier alpha value is -0.610. The maximum atomic E-state index is 12.3. The molecule has 2 aliphatic rings. The van der Waals surface area contributed by atoms with Crippen molar-refractivity contribution in [1.29, 1.82) is 0 Å². The number of ether oxygens (including phenoxy) is 1. The number of amides is 1. The van der Waals surface area contributed by atoms with E-state index in [9.17, 15) is 4.79 Å². The van der Waals surface area contributed by atoms with Crippen LogP contribution in [0.1, 0.15) is 52.4 Å². The van der Waals surface area contributed by atoms with E-state index in [1.807, 2.05) is 11.8 Å². The number of hydrogen-bond donors (Lipinski definition) is 1. The van der Waals surface area contributed by atoms with Crippen molar-refractivity contribution in [3.8, 4) is 0 Å². The Labute approximate surface area is 123 Å². The molecule has 1 aliphatic heterocycles. The van der Waals surface area contributed by atoms with E-state index in [1.165, 1.54) is 19.3 Å². The lowest BCUT2D eigenvalue weighted by Crippen LogP contribution is -2.46. The molecule has 0 bridgehead atoms. The molecule has 1 saturated carbocycles. The van der Waals surface area contributed by atoms with Crippen LogP contribution in [0.25, 0.3) is 0 Å². The first-order valence-electron chi connectivity index (χ1n) is 8.23. The van der Waals surface area contributed by atoms with Crippen LogP contribution in [0.5, 0.6) is 0 Å². The van der Waals surface area contributed by atoms with Crippen molar-refractivity contribution >= 4 is 5.91 Å². The van der Waals surface area contributed by atoms with Crippen molar-refractivity contribution in [3.63, 3.8) is 0 Å². The molecule has 2 fully saturated rings. The SMILES string of the molecule is C[C@H](N)[C@@H]1CCCN(C(=O)CO[C@@H]2CCCC[C@H]2C)C1. The molecule has 1 amide bonds. The first-order valence-corrected chi connectivity index (χ1v) is 8.23. The highest BCUT2D eigenvalue weighted by Crippen LogP contribution is 2.26. The van der Waals surface area contributed by atoms with Crippen molar-refractivity contribution in [3.05, 3.63) is 0 Å². The van der Waals surface area contributed by atoms with Gasteiger partial charge in [0.05, 0.1) is 6.10 Å². The molecule has 2 N–H and O–H groups in total. The van der Waals surface area contributed by atoms with E-state index in [1.54, 1.807) is 0 Å². The van der Waals surface area contributed by atoms with Crippen molar-refractivity contribution in [2.45, 2.75) is 64.5 Å². The van der Waals surface area contributed by atoms with Crippen LogP contribution in [0.4, 0.5) is 0 Å². The number of hydrogen-bond acceptors (Lipinski definition) is 3. The fourth-order valence-electron chi connectivity index (χ4n) is 3.47. The summed E-state index contributed by atoms with van der Waals surface area (Å²) in [5.41, 5.74) is 5.97. The molecule has 0 aromatic carbocycles. The maximum absolute atomic E-state index is 12.3. The van der Waals surface area contributed by atoms with Gasteiger partial charge in [-0.3, -0.25) is 4.79 Å². The quantitative estimate of drug-likeness (QED) is 0.859. The minimum atomic E-state index is 0.146. The lowest BCUT2D eigenvalue weighted by Gasteiger charge is -2.35. The standard InChI is InChI=1S/C16H30N2O2/c1-12-6-3-4-8-15(12)20-11-16(19)18-9-5-7-14(10-18)13(2)17/h12-15H,3-11,17H2,1-2H3/t12-,13+,14-,15-/m1/s1. The van der Waals surface area contributed by atoms with Gasteiger partial charge in [-0.25, -0.2) is 0 Å². The topological polar surface area (TPSA) is 55.6 Å². The van der Waals surface area contributed by atoms with Crippen LogP contribution < -0.4 is 5.73 Å². The minimum absolute atomic E-state index is 0.146. The number of carbonyl (C=O) groups is 1. The summed E-state index contributed by atoms with van der Waals surface area (Å²) < 4.78 is 5.88. The van der Waals surface area contributed by atoms with E-state index in [0.717, 1.165) is 32.4 Å². The van der Waals surface area contributed by atoms with Gasteiger partial charge < -0.3 is 15.4 Å². The molecule has 4 atom stereocenters. The van der Waals surface area contributed by atoms with Crippen LogP contribution in [0.15, 0.2) is 0 Å². The number of piperidine rings is 1. The molecule has 0 spiro atoms. The molecular formula is C16H30N2O2. The van der Waals surface area contributed by atoms with Crippen LogP contribution in [0.2, 0.25) is 0 Å². The van der Waals surface area contributed by atoms with E-state index in [-0.39, 0.29) is 24.7 Å². The first kappa shape index (κ1) is 15.8. The summed E-state index contributed by atoms with van der Waals surface area (Å²) in [6, 6.07) is 0.171. The predicted octanol–water partition coefficient (Wildman–Crippen LogP) is 2.17. The van der Waals surface area contributed by atoms with E-state index in [4.69, 9.17) is 10.5 Å². The number of rotatable bonds is 4. The van der Waals surface area contributed by atoms with Crippen molar-refractivity contribution in [2.75, 3.05) is 19.7 Å². The summed E-state index contributed by atoms with van der Waals surface area (Å²) >= 11 is 0. The van der Waals surface area contributed by atoms with Crippen LogP contribution >= 0.6 is 0 Å². The predicted molar refractivity (Wildman–Crippen MR) is 80.3 cm³/mol. The zero-order valence-electron chi connectivity index (χ0n) is 13.0. The Morgan fingerprint density at radius 3 is 2.75 bits per heavy atom. The van der Waals surface area contributed by atoms with Crippen LogP contribution in [0, 0.1) is 11.8 Å². The zero-order valence-corrected chi connectivity index (χ0v) is 13.0. The van der Waals surface area contributed by atoms with Crippen LogP contribution in [-0.4, -0.2) is 42.6 Å². The molecule has 4 heteroatoms. The third kappa shape index (κ3) is 4.19. The molecule has 1 saturated heterocycles. The highest BCUT2D eigenvalue weighted by molar-refractivity contribution is 5.77. The molecule has 0 aromatic rings. The van der Waals surface area contributed by atoms with Crippen LogP contribution in [0.3, 0.4) is 0 Å². The highest BCUT2D eigenvalue weighted by Gasteiger charge is 2.27. The van der Waals surface area contributed by atoms with E-state index >= 15 is 0 Å². The third-order valence-corrected chi connectivity index (χ3v) is 5.01. The van der Waals surface area contributed by atoms with Crippen LogP contribution in [-0.2, 0) is 9.53 Å². The molecule has 0 radical (unpaired) electrons.